The normalized spacial score (nSPS) is 10.8. The highest BCUT2D eigenvalue weighted by Crippen LogP contribution is 2.15. The minimum Gasteiger partial charge on any atom is -0.373 e. The molecule has 0 amide bonds. The number of aromatic nitrogens is 3. The van der Waals surface area contributed by atoms with E-state index in [-0.39, 0.29) is 5.82 Å². The maximum Gasteiger partial charge on any atom is 0.179 e. The Kier molecular flexibility index (Phi) is 2.87. The number of aromatic amines is 1. The van der Waals surface area contributed by atoms with Crippen molar-refractivity contribution in [1.82, 2.24) is 15.0 Å². The molecule has 0 atom stereocenters. The Morgan fingerprint density at radius 2 is 2.11 bits per heavy atom. The van der Waals surface area contributed by atoms with Gasteiger partial charge in [-0.05, 0) is 29.8 Å². The smallest absolute Gasteiger partial charge is 0.179 e. The molecular weight excluding hydrogens is 243 g/mol. The Morgan fingerprint density at radius 3 is 2.89 bits per heavy atom. The van der Waals surface area contributed by atoms with Crippen molar-refractivity contribution >= 4 is 17.0 Å². The number of imidazole rings is 1. The van der Waals surface area contributed by atoms with E-state index in [1.165, 1.54) is 12.1 Å². The van der Waals surface area contributed by atoms with Crippen LogP contribution < -0.4 is 5.32 Å². The van der Waals surface area contributed by atoms with E-state index in [4.69, 9.17) is 0 Å². The lowest BCUT2D eigenvalue weighted by Gasteiger charge is -1.97. The molecule has 0 radical (unpaired) electrons. The molecule has 2 N–H and O–H groups in total. The number of hydrogen-bond acceptors (Lipinski definition) is 3. The minimum absolute atomic E-state index is 0.232. The van der Waals surface area contributed by atoms with Gasteiger partial charge in [0.2, 0.25) is 0 Å². The van der Waals surface area contributed by atoms with E-state index in [0.29, 0.717) is 12.1 Å². The average molecular weight is 256 g/mol. The number of halogens is 1. The van der Waals surface area contributed by atoms with Crippen LogP contribution in [0, 0.1) is 5.82 Å². The highest BCUT2D eigenvalue weighted by atomic mass is 19.1. The monoisotopic (exact) mass is 256 g/mol. The number of pyridine rings is 1. The van der Waals surface area contributed by atoms with E-state index < -0.39 is 0 Å². The van der Waals surface area contributed by atoms with Crippen molar-refractivity contribution in [3.05, 3.63) is 53.6 Å². The van der Waals surface area contributed by atoms with Crippen LogP contribution in [0.2, 0.25) is 0 Å². The molecule has 0 fully saturated rings. The summed E-state index contributed by atoms with van der Waals surface area (Å²) in [6.07, 6.45) is 0.559. The average Bonchev–Trinajstić information content (AvgIpc) is 2.79. The van der Waals surface area contributed by atoms with Crippen LogP contribution >= 0.6 is 0 Å². The van der Waals surface area contributed by atoms with Gasteiger partial charge in [0.05, 0.1) is 5.52 Å². The Bertz CT molecular complexity index is 720. The van der Waals surface area contributed by atoms with E-state index in [9.17, 15) is 4.39 Å². The molecule has 0 aliphatic heterocycles. The van der Waals surface area contributed by atoms with Gasteiger partial charge in [-0.3, -0.25) is 0 Å². The minimum atomic E-state index is -0.232. The fraction of sp³-hybridized carbons (Fsp3) is 0.143. The molecule has 3 rings (SSSR count). The number of nitrogens with one attached hydrogen (secondary N) is 2. The van der Waals surface area contributed by atoms with Crippen molar-refractivity contribution in [3.63, 3.8) is 0 Å². The summed E-state index contributed by atoms with van der Waals surface area (Å²) < 4.78 is 13.1. The Morgan fingerprint density at radius 1 is 1.21 bits per heavy atom. The molecular formula is C14H13FN4. The second kappa shape index (κ2) is 4.68. The van der Waals surface area contributed by atoms with Gasteiger partial charge in [-0.25, -0.2) is 14.4 Å². The number of fused-ring (bicyclic) bond motifs is 1. The maximum absolute atomic E-state index is 13.1. The molecule has 2 aromatic heterocycles. The number of H-pyrrole nitrogens is 1. The Balaban J connectivity index is 1.93. The largest absolute Gasteiger partial charge is 0.373 e. The van der Waals surface area contributed by atoms with Gasteiger partial charge in [0, 0.05) is 13.5 Å². The van der Waals surface area contributed by atoms with Crippen molar-refractivity contribution in [2.45, 2.75) is 6.42 Å². The lowest BCUT2D eigenvalue weighted by Crippen LogP contribution is -1.92. The standard InChI is InChI=1S/C14H13FN4/c1-16-12-6-5-11-14(18-12)19-13(17-11)8-9-3-2-4-10(15)7-9/h2-7H,8H2,1H3,(H2,16,17,18,19). The molecule has 0 spiro atoms. The summed E-state index contributed by atoms with van der Waals surface area (Å²) in [5.74, 6) is 1.32. The van der Waals surface area contributed by atoms with Gasteiger partial charge >= 0.3 is 0 Å². The molecule has 1 aromatic carbocycles. The Hall–Kier alpha value is -2.43. The second-order valence-corrected chi connectivity index (χ2v) is 4.31. The number of rotatable bonds is 3. The van der Waals surface area contributed by atoms with Crippen molar-refractivity contribution in [3.8, 4) is 0 Å². The fourth-order valence-electron chi connectivity index (χ4n) is 2.01. The molecule has 5 heteroatoms. The van der Waals surface area contributed by atoms with Crippen molar-refractivity contribution in [1.29, 1.82) is 0 Å². The van der Waals surface area contributed by atoms with Crippen LogP contribution in [0.3, 0.4) is 0 Å². The molecule has 0 aliphatic carbocycles. The van der Waals surface area contributed by atoms with Gasteiger partial charge in [-0.15, -0.1) is 0 Å². The number of nitrogens with zero attached hydrogens (tertiary/aromatic N) is 2. The molecule has 0 saturated carbocycles. The summed E-state index contributed by atoms with van der Waals surface area (Å²) in [7, 11) is 1.81. The lowest BCUT2D eigenvalue weighted by atomic mass is 10.1. The molecule has 0 aliphatic rings. The van der Waals surface area contributed by atoms with Gasteiger partial charge in [0.1, 0.15) is 17.5 Å². The van der Waals surface area contributed by atoms with E-state index in [1.807, 2.05) is 25.2 Å². The van der Waals surface area contributed by atoms with Crippen LogP contribution in [0.25, 0.3) is 11.2 Å². The Labute approximate surface area is 109 Å². The van der Waals surface area contributed by atoms with Crippen LogP contribution in [-0.2, 0) is 6.42 Å². The predicted octanol–water partition coefficient (Wildman–Crippen LogP) is 2.73. The van der Waals surface area contributed by atoms with Crippen LogP contribution in [0.5, 0.6) is 0 Å². The third-order valence-corrected chi connectivity index (χ3v) is 2.91. The molecule has 4 nitrogen and oxygen atoms in total. The summed E-state index contributed by atoms with van der Waals surface area (Å²) in [6.45, 7) is 0. The molecule has 0 saturated heterocycles. The summed E-state index contributed by atoms with van der Waals surface area (Å²) in [4.78, 5) is 12.0. The van der Waals surface area contributed by atoms with E-state index in [1.54, 1.807) is 6.07 Å². The SMILES string of the molecule is CNc1ccc2[nH]c(Cc3cccc(F)c3)nc2n1. The first kappa shape index (κ1) is 11.6. The molecule has 3 aromatic rings. The highest BCUT2D eigenvalue weighted by Gasteiger charge is 2.06. The first-order valence-electron chi connectivity index (χ1n) is 6.02. The van der Waals surface area contributed by atoms with Gasteiger partial charge in [0.15, 0.2) is 5.65 Å². The van der Waals surface area contributed by atoms with E-state index in [0.717, 1.165) is 22.7 Å². The van der Waals surface area contributed by atoms with Gasteiger partial charge in [0.25, 0.3) is 0 Å². The zero-order valence-electron chi connectivity index (χ0n) is 10.4. The van der Waals surface area contributed by atoms with E-state index >= 15 is 0 Å². The van der Waals surface area contributed by atoms with Crippen LogP contribution in [0.4, 0.5) is 10.2 Å². The third kappa shape index (κ3) is 2.40. The molecule has 96 valence electrons. The fourth-order valence-corrected chi connectivity index (χ4v) is 2.01. The molecule has 0 bridgehead atoms. The van der Waals surface area contributed by atoms with Gasteiger partial charge in [-0.1, -0.05) is 12.1 Å². The third-order valence-electron chi connectivity index (χ3n) is 2.91. The highest BCUT2D eigenvalue weighted by molar-refractivity contribution is 5.72. The lowest BCUT2D eigenvalue weighted by molar-refractivity contribution is 0.626. The second-order valence-electron chi connectivity index (χ2n) is 4.31. The maximum atomic E-state index is 13.1. The van der Waals surface area contributed by atoms with Crippen LogP contribution in [0.15, 0.2) is 36.4 Å². The number of anilines is 1. The van der Waals surface area contributed by atoms with E-state index in [2.05, 4.69) is 20.3 Å². The molecule has 2 heterocycles. The van der Waals surface area contributed by atoms with Crippen molar-refractivity contribution in [2.24, 2.45) is 0 Å². The first-order chi connectivity index (χ1) is 9.24. The summed E-state index contributed by atoms with van der Waals surface area (Å²) in [5.41, 5.74) is 2.43. The van der Waals surface area contributed by atoms with Gasteiger partial charge in [-0.2, -0.15) is 0 Å². The van der Waals surface area contributed by atoms with Crippen molar-refractivity contribution in [2.75, 3.05) is 12.4 Å². The predicted molar refractivity (Wildman–Crippen MR) is 72.6 cm³/mol. The van der Waals surface area contributed by atoms with Crippen LogP contribution in [0.1, 0.15) is 11.4 Å². The quantitative estimate of drug-likeness (QED) is 0.757. The topological polar surface area (TPSA) is 53.6 Å². The molecule has 0 unspecified atom stereocenters. The van der Waals surface area contributed by atoms with Crippen molar-refractivity contribution < 1.29 is 4.39 Å². The zero-order chi connectivity index (χ0) is 13.2. The first-order valence-corrected chi connectivity index (χ1v) is 6.02. The zero-order valence-corrected chi connectivity index (χ0v) is 10.4. The number of hydrogen-bond donors (Lipinski definition) is 2. The number of benzene rings is 1. The van der Waals surface area contributed by atoms with Crippen LogP contribution in [-0.4, -0.2) is 22.0 Å². The summed E-state index contributed by atoms with van der Waals surface area (Å²) in [6, 6.07) is 10.3. The summed E-state index contributed by atoms with van der Waals surface area (Å²) >= 11 is 0. The van der Waals surface area contributed by atoms with Gasteiger partial charge < -0.3 is 10.3 Å². The molecule has 19 heavy (non-hydrogen) atoms. The summed E-state index contributed by atoms with van der Waals surface area (Å²) in [5, 5.41) is 2.97.